The fourth-order valence-corrected chi connectivity index (χ4v) is 5.06. The molecule has 33 heavy (non-hydrogen) atoms. The zero-order valence-corrected chi connectivity index (χ0v) is 20.1. The maximum atomic E-state index is 13.3. The molecular weight excluding hydrogens is 428 g/mol. The van der Waals surface area contributed by atoms with Gasteiger partial charge in [-0.3, -0.25) is 13.9 Å². The summed E-state index contributed by atoms with van der Waals surface area (Å²) in [6, 6.07) is 24.2. The zero-order chi connectivity index (χ0) is 23.2. The van der Waals surface area contributed by atoms with Gasteiger partial charge < -0.3 is 4.90 Å². The van der Waals surface area contributed by atoms with E-state index in [1.807, 2.05) is 54.3 Å². The molecule has 0 radical (unpaired) electrons. The quantitative estimate of drug-likeness (QED) is 0.445. The van der Waals surface area contributed by atoms with Crippen molar-refractivity contribution in [2.75, 3.05) is 24.2 Å². The summed E-state index contributed by atoms with van der Waals surface area (Å²) in [5, 5.41) is 0. The molecule has 0 aromatic heterocycles. The number of hydrogen-bond acceptors (Lipinski definition) is 3. The maximum absolute atomic E-state index is 13.3. The van der Waals surface area contributed by atoms with Gasteiger partial charge >= 0.3 is 0 Å². The molecule has 4 rings (SSSR count). The van der Waals surface area contributed by atoms with Gasteiger partial charge in [0.15, 0.2) is 0 Å². The fourth-order valence-electron chi connectivity index (χ4n) is 4.30. The van der Waals surface area contributed by atoms with Crippen LogP contribution in [0.4, 0.5) is 5.69 Å². The average Bonchev–Trinajstić information content (AvgIpc) is 2.96. The number of allylic oxidation sites excluding steroid dienone is 1. The smallest absolute Gasteiger partial charge is 0.241 e. The lowest BCUT2D eigenvalue weighted by Gasteiger charge is -2.23. The SMILES string of the molecule is C/C=C\CCN1CC(=O)N(Cc2ccc(-c3ccccc3S(C)=O)cc2)c2ccccc2C1. The normalized spacial score (nSPS) is 15.5. The topological polar surface area (TPSA) is 40.6 Å². The molecule has 0 N–H and O–H groups in total. The van der Waals surface area contributed by atoms with Crippen molar-refractivity contribution in [1.82, 2.24) is 4.90 Å². The Morgan fingerprint density at radius 2 is 1.67 bits per heavy atom. The molecule has 3 aromatic rings. The summed E-state index contributed by atoms with van der Waals surface area (Å²) in [6.07, 6.45) is 6.85. The molecule has 0 spiro atoms. The van der Waals surface area contributed by atoms with Crippen molar-refractivity contribution in [2.24, 2.45) is 0 Å². The molecule has 1 unspecified atom stereocenters. The van der Waals surface area contributed by atoms with E-state index in [0.717, 1.165) is 46.8 Å². The number of rotatable bonds is 7. The van der Waals surface area contributed by atoms with E-state index in [1.54, 1.807) is 6.26 Å². The molecule has 1 aliphatic rings. The molecule has 5 heteroatoms. The Balaban J connectivity index is 1.57. The molecule has 0 saturated heterocycles. The van der Waals surface area contributed by atoms with Crippen molar-refractivity contribution in [2.45, 2.75) is 31.3 Å². The molecule has 0 saturated carbocycles. The van der Waals surface area contributed by atoms with Crippen LogP contribution in [0.2, 0.25) is 0 Å². The molecule has 0 aliphatic carbocycles. The van der Waals surface area contributed by atoms with Crippen molar-refractivity contribution in [3.8, 4) is 11.1 Å². The van der Waals surface area contributed by atoms with E-state index < -0.39 is 10.8 Å². The van der Waals surface area contributed by atoms with Crippen molar-refractivity contribution in [3.63, 3.8) is 0 Å². The van der Waals surface area contributed by atoms with Gasteiger partial charge in [0, 0.05) is 29.9 Å². The maximum Gasteiger partial charge on any atom is 0.241 e. The number of anilines is 1. The summed E-state index contributed by atoms with van der Waals surface area (Å²) < 4.78 is 12.1. The number of amides is 1. The highest BCUT2D eigenvalue weighted by atomic mass is 32.2. The van der Waals surface area contributed by atoms with Crippen LogP contribution in [0.1, 0.15) is 24.5 Å². The minimum Gasteiger partial charge on any atom is -0.307 e. The van der Waals surface area contributed by atoms with Crippen molar-refractivity contribution < 1.29 is 9.00 Å². The number of para-hydroxylation sites is 1. The first-order valence-electron chi connectivity index (χ1n) is 11.3. The summed E-state index contributed by atoms with van der Waals surface area (Å²) in [6.45, 7) is 4.61. The Bertz CT molecular complexity index is 1170. The Kier molecular flexibility index (Phi) is 7.53. The second-order valence-electron chi connectivity index (χ2n) is 8.32. The van der Waals surface area contributed by atoms with Crippen LogP contribution in [0.15, 0.2) is 89.8 Å². The van der Waals surface area contributed by atoms with E-state index in [2.05, 4.69) is 47.4 Å². The number of nitrogens with zero attached hydrogens (tertiary/aromatic N) is 2. The summed E-state index contributed by atoms with van der Waals surface area (Å²) in [4.78, 5) is 18.2. The molecular formula is C28H30N2O2S. The second kappa shape index (κ2) is 10.7. The highest BCUT2D eigenvalue weighted by Crippen LogP contribution is 2.29. The zero-order valence-electron chi connectivity index (χ0n) is 19.2. The minimum atomic E-state index is -1.05. The van der Waals surface area contributed by atoms with Crippen LogP contribution < -0.4 is 4.90 Å². The highest BCUT2D eigenvalue weighted by Gasteiger charge is 2.26. The molecule has 0 fully saturated rings. The lowest BCUT2D eigenvalue weighted by Crippen LogP contribution is -2.37. The van der Waals surface area contributed by atoms with Crippen LogP contribution in [-0.4, -0.2) is 34.4 Å². The average molecular weight is 459 g/mol. The molecule has 0 bridgehead atoms. The van der Waals surface area contributed by atoms with E-state index >= 15 is 0 Å². The number of benzene rings is 3. The third kappa shape index (κ3) is 5.49. The van der Waals surface area contributed by atoms with Crippen LogP contribution in [-0.2, 0) is 28.7 Å². The third-order valence-electron chi connectivity index (χ3n) is 5.99. The molecule has 170 valence electrons. The number of carbonyl (C=O) groups is 1. The summed E-state index contributed by atoms with van der Waals surface area (Å²) in [5.74, 6) is 0.122. The molecule has 3 aromatic carbocycles. The first-order valence-corrected chi connectivity index (χ1v) is 12.9. The highest BCUT2D eigenvalue weighted by molar-refractivity contribution is 7.84. The van der Waals surface area contributed by atoms with E-state index in [0.29, 0.717) is 13.1 Å². The van der Waals surface area contributed by atoms with Gasteiger partial charge in [-0.25, -0.2) is 0 Å². The van der Waals surface area contributed by atoms with E-state index in [4.69, 9.17) is 0 Å². The van der Waals surface area contributed by atoms with E-state index in [9.17, 15) is 9.00 Å². The summed E-state index contributed by atoms with van der Waals surface area (Å²) >= 11 is 0. The van der Waals surface area contributed by atoms with Crippen LogP contribution in [0.25, 0.3) is 11.1 Å². The predicted octanol–water partition coefficient (Wildman–Crippen LogP) is 5.41. The van der Waals surface area contributed by atoms with Crippen LogP contribution in [0, 0.1) is 0 Å². The van der Waals surface area contributed by atoms with Crippen LogP contribution in [0.3, 0.4) is 0 Å². The first kappa shape index (κ1) is 23.1. The van der Waals surface area contributed by atoms with Gasteiger partial charge in [0.2, 0.25) is 5.91 Å². The Morgan fingerprint density at radius 3 is 2.42 bits per heavy atom. The Labute approximate surface area is 199 Å². The van der Waals surface area contributed by atoms with Crippen molar-refractivity contribution >= 4 is 22.4 Å². The van der Waals surface area contributed by atoms with Gasteiger partial charge in [-0.2, -0.15) is 0 Å². The lowest BCUT2D eigenvalue weighted by molar-refractivity contribution is -0.119. The molecule has 1 atom stereocenters. The molecule has 1 aliphatic heterocycles. The van der Waals surface area contributed by atoms with Gasteiger partial charge in [0.25, 0.3) is 0 Å². The number of hydrogen-bond donors (Lipinski definition) is 0. The second-order valence-corrected chi connectivity index (χ2v) is 9.67. The largest absolute Gasteiger partial charge is 0.307 e. The minimum absolute atomic E-state index is 0.122. The molecule has 4 nitrogen and oxygen atoms in total. The lowest BCUT2D eigenvalue weighted by atomic mass is 10.0. The Morgan fingerprint density at radius 1 is 0.939 bits per heavy atom. The van der Waals surface area contributed by atoms with Crippen molar-refractivity contribution in [3.05, 3.63) is 96.1 Å². The predicted molar refractivity (Wildman–Crippen MR) is 137 cm³/mol. The van der Waals surface area contributed by atoms with Crippen LogP contribution >= 0.6 is 0 Å². The third-order valence-corrected chi connectivity index (χ3v) is 6.96. The number of fused-ring (bicyclic) bond motifs is 1. The number of carbonyl (C=O) groups excluding carboxylic acids is 1. The monoisotopic (exact) mass is 458 g/mol. The van der Waals surface area contributed by atoms with E-state index in [-0.39, 0.29) is 5.91 Å². The van der Waals surface area contributed by atoms with Gasteiger partial charge in [0.1, 0.15) is 0 Å². The fraction of sp³-hybridized carbons (Fsp3) is 0.250. The van der Waals surface area contributed by atoms with Gasteiger partial charge in [-0.15, -0.1) is 0 Å². The van der Waals surface area contributed by atoms with Crippen molar-refractivity contribution in [1.29, 1.82) is 0 Å². The summed E-state index contributed by atoms with van der Waals surface area (Å²) in [7, 11) is -1.05. The Hall–Kier alpha value is -3.02. The molecule has 1 amide bonds. The first-order chi connectivity index (χ1) is 16.1. The van der Waals surface area contributed by atoms with Gasteiger partial charge in [-0.05, 0) is 47.7 Å². The van der Waals surface area contributed by atoms with Crippen LogP contribution in [0.5, 0.6) is 0 Å². The van der Waals surface area contributed by atoms with Gasteiger partial charge in [0.05, 0.1) is 23.9 Å². The van der Waals surface area contributed by atoms with E-state index in [1.165, 1.54) is 5.56 Å². The summed E-state index contributed by atoms with van der Waals surface area (Å²) in [5.41, 5.74) is 5.26. The standard InChI is InChI=1S/C28H30N2O2S/c1-3-4-9-18-29-20-24-10-5-7-12-26(24)30(28(31)21-29)19-22-14-16-23(17-15-22)25-11-6-8-13-27(25)33(2)32/h3-8,10-17H,9,18-21H2,1-2H3/b4-3-. The molecule has 1 heterocycles. The van der Waals surface area contributed by atoms with Gasteiger partial charge in [-0.1, -0.05) is 72.8 Å².